The largest absolute Gasteiger partial charge is 0.422 e. The highest BCUT2D eigenvalue weighted by atomic mass is 16.6. The molecule has 8 nitrogen and oxygen atoms in total. The lowest BCUT2D eigenvalue weighted by Crippen LogP contribution is -2.15. The van der Waals surface area contributed by atoms with Crippen molar-refractivity contribution in [3.8, 4) is 5.75 Å². The Morgan fingerprint density at radius 3 is 1.96 bits per heavy atom. The molecule has 122 valence electrons. The first-order valence-corrected chi connectivity index (χ1v) is 6.98. The molecule has 0 aromatic heterocycles. The maximum Gasteiger partial charge on any atom is 0.350 e. The molecule has 0 radical (unpaired) electrons. The molecule has 25 heavy (non-hydrogen) atoms. The highest BCUT2D eigenvalue weighted by Crippen LogP contribution is 2.31. The van der Waals surface area contributed by atoms with Crippen molar-refractivity contribution in [1.82, 2.24) is 0 Å². The Balaban J connectivity index is 1.75. The molecular weight excluding hydrogens is 332 g/mol. The van der Waals surface area contributed by atoms with Gasteiger partial charge in [-0.05, 0) is 24.3 Å². The molecule has 0 N–H and O–H groups in total. The first kappa shape index (κ1) is 14.8. The number of hydrogen-bond acceptors (Lipinski definition) is 8. The molecule has 0 spiro atoms. The van der Waals surface area contributed by atoms with E-state index in [1.807, 2.05) is 0 Å². The van der Waals surface area contributed by atoms with Crippen LogP contribution in [-0.2, 0) is 9.47 Å². The highest BCUT2D eigenvalue weighted by Gasteiger charge is 2.36. The van der Waals surface area contributed by atoms with E-state index in [4.69, 9.17) is 4.74 Å². The van der Waals surface area contributed by atoms with E-state index >= 15 is 0 Å². The smallest absolute Gasteiger partial charge is 0.350 e. The molecule has 4 rings (SSSR count). The van der Waals surface area contributed by atoms with Crippen LogP contribution >= 0.6 is 0 Å². The molecule has 2 aromatic carbocycles. The molecule has 0 saturated carbocycles. The minimum absolute atomic E-state index is 0.0248. The molecule has 0 bridgehead atoms. The summed E-state index contributed by atoms with van der Waals surface area (Å²) < 4.78 is 14.1. The van der Waals surface area contributed by atoms with Gasteiger partial charge in [0.15, 0.2) is 0 Å². The molecule has 0 aliphatic carbocycles. The van der Waals surface area contributed by atoms with Crippen LogP contribution in [-0.4, -0.2) is 29.8 Å². The van der Waals surface area contributed by atoms with E-state index in [2.05, 4.69) is 9.47 Å². The normalized spacial score (nSPS) is 14.7. The predicted molar refractivity (Wildman–Crippen MR) is 77.3 cm³/mol. The third-order valence-electron chi connectivity index (χ3n) is 3.73. The summed E-state index contributed by atoms with van der Waals surface area (Å²) in [5.41, 5.74) is -0.644. The second-order valence-corrected chi connectivity index (χ2v) is 5.15. The van der Waals surface area contributed by atoms with Crippen molar-refractivity contribution in [1.29, 1.82) is 0 Å². The second kappa shape index (κ2) is 5.10. The van der Waals surface area contributed by atoms with Gasteiger partial charge in [-0.25, -0.2) is 24.0 Å². The summed E-state index contributed by atoms with van der Waals surface area (Å²) in [6, 6.07) is 8.10. The SMILES string of the molecule is O=C1OC(=O)c2c(OC(=O)c3cccc4c3C(=O)OC4=O)cccc21. The van der Waals surface area contributed by atoms with Crippen LogP contribution in [0.4, 0.5) is 0 Å². The zero-order valence-corrected chi connectivity index (χ0v) is 12.2. The van der Waals surface area contributed by atoms with Gasteiger partial charge < -0.3 is 14.2 Å². The monoisotopic (exact) mass is 338 g/mol. The summed E-state index contributed by atoms with van der Waals surface area (Å²) >= 11 is 0. The Labute approximate surface area is 138 Å². The van der Waals surface area contributed by atoms with E-state index in [-0.39, 0.29) is 33.6 Å². The molecule has 2 heterocycles. The quantitative estimate of drug-likeness (QED) is 0.460. The Hall–Kier alpha value is -3.81. The fourth-order valence-electron chi connectivity index (χ4n) is 2.64. The lowest BCUT2D eigenvalue weighted by Gasteiger charge is -2.08. The van der Waals surface area contributed by atoms with Gasteiger partial charge in [-0.2, -0.15) is 0 Å². The molecule has 2 aliphatic heterocycles. The van der Waals surface area contributed by atoms with Crippen LogP contribution in [0.3, 0.4) is 0 Å². The third-order valence-corrected chi connectivity index (χ3v) is 3.73. The van der Waals surface area contributed by atoms with Gasteiger partial charge >= 0.3 is 29.8 Å². The van der Waals surface area contributed by atoms with Crippen molar-refractivity contribution in [2.75, 3.05) is 0 Å². The van der Waals surface area contributed by atoms with E-state index in [1.165, 1.54) is 36.4 Å². The third kappa shape index (κ3) is 2.12. The minimum atomic E-state index is -0.982. The van der Waals surface area contributed by atoms with Crippen LogP contribution < -0.4 is 4.74 Å². The number of benzene rings is 2. The summed E-state index contributed by atoms with van der Waals surface area (Å²) in [4.78, 5) is 59.0. The van der Waals surface area contributed by atoms with Crippen molar-refractivity contribution in [3.63, 3.8) is 0 Å². The lowest BCUT2D eigenvalue weighted by atomic mass is 10.0. The number of fused-ring (bicyclic) bond motifs is 2. The average Bonchev–Trinajstić information content (AvgIpc) is 3.05. The number of cyclic esters (lactones) is 4. The number of carbonyl (C=O) groups is 5. The molecule has 0 saturated heterocycles. The number of esters is 5. The van der Waals surface area contributed by atoms with Crippen molar-refractivity contribution in [2.24, 2.45) is 0 Å². The first-order valence-electron chi connectivity index (χ1n) is 6.98. The Morgan fingerprint density at radius 2 is 1.28 bits per heavy atom. The molecule has 0 unspecified atom stereocenters. The van der Waals surface area contributed by atoms with Gasteiger partial charge in [-0.15, -0.1) is 0 Å². The minimum Gasteiger partial charge on any atom is -0.422 e. The van der Waals surface area contributed by atoms with E-state index < -0.39 is 29.8 Å². The summed E-state index contributed by atoms with van der Waals surface area (Å²) in [5, 5.41) is 0. The Bertz CT molecular complexity index is 1020. The van der Waals surface area contributed by atoms with Gasteiger partial charge in [0, 0.05) is 0 Å². The fraction of sp³-hybridized carbons (Fsp3) is 0. The summed E-state index contributed by atoms with van der Waals surface area (Å²) in [5.74, 6) is -4.76. The van der Waals surface area contributed by atoms with Crippen molar-refractivity contribution < 1.29 is 38.2 Å². The zero-order valence-electron chi connectivity index (χ0n) is 12.2. The van der Waals surface area contributed by atoms with Crippen LogP contribution in [0, 0.1) is 0 Å². The molecular formula is C17H6O8. The van der Waals surface area contributed by atoms with E-state index in [9.17, 15) is 24.0 Å². The van der Waals surface area contributed by atoms with E-state index in [1.54, 1.807) is 0 Å². The lowest BCUT2D eigenvalue weighted by molar-refractivity contribution is 0.0422. The fourth-order valence-corrected chi connectivity index (χ4v) is 2.64. The number of rotatable bonds is 2. The average molecular weight is 338 g/mol. The first-order chi connectivity index (χ1) is 12.0. The zero-order chi connectivity index (χ0) is 17.7. The molecule has 2 aromatic rings. The van der Waals surface area contributed by atoms with Crippen LogP contribution in [0.2, 0.25) is 0 Å². The standard InChI is InChI=1S/C17H6O8/c18-13(7-3-1-4-8-11(7)16(21)24-14(8)19)23-10-6-2-5-9-12(10)17(22)25-15(9)20/h1-6H. The van der Waals surface area contributed by atoms with Gasteiger partial charge in [0.05, 0.1) is 22.3 Å². The summed E-state index contributed by atoms with van der Waals surface area (Å²) in [7, 11) is 0. The Kier molecular flexibility index (Phi) is 3.01. The molecule has 2 aliphatic rings. The van der Waals surface area contributed by atoms with Gasteiger partial charge in [0.1, 0.15) is 11.3 Å². The van der Waals surface area contributed by atoms with Crippen molar-refractivity contribution in [3.05, 3.63) is 64.2 Å². The second-order valence-electron chi connectivity index (χ2n) is 5.15. The molecule has 0 amide bonds. The highest BCUT2D eigenvalue weighted by molar-refractivity contribution is 6.19. The topological polar surface area (TPSA) is 113 Å². The predicted octanol–water partition coefficient (Wildman–Crippen LogP) is 1.53. The summed E-state index contributed by atoms with van der Waals surface area (Å²) in [6.07, 6.45) is 0. The van der Waals surface area contributed by atoms with Crippen molar-refractivity contribution >= 4 is 29.8 Å². The molecule has 0 fully saturated rings. The van der Waals surface area contributed by atoms with Crippen LogP contribution in [0.1, 0.15) is 51.8 Å². The van der Waals surface area contributed by atoms with E-state index in [0.29, 0.717) is 0 Å². The van der Waals surface area contributed by atoms with Gasteiger partial charge in [-0.1, -0.05) is 12.1 Å². The van der Waals surface area contributed by atoms with Gasteiger partial charge in [0.25, 0.3) is 0 Å². The molecule has 0 atom stereocenters. The van der Waals surface area contributed by atoms with Crippen LogP contribution in [0.5, 0.6) is 5.75 Å². The van der Waals surface area contributed by atoms with Gasteiger partial charge in [0.2, 0.25) is 0 Å². The number of ether oxygens (including phenoxy) is 3. The number of hydrogen-bond donors (Lipinski definition) is 0. The van der Waals surface area contributed by atoms with Crippen LogP contribution in [0.15, 0.2) is 36.4 Å². The van der Waals surface area contributed by atoms with Crippen molar-refractivity contribution in [2.45, 2.75) is 0 Å². The maximum absolute atomic E-state index is 12.4. The van der Waals surface area contributed by atoms with Gasteiger partial charge in [-0.3, -0.25) is 0 Å². The molecule has 8 heteroatoms. The number of carbonyl (C=O) groups excluding carboxylic acids is 5. The maximum atomic E-state index is 12.4. The van der Waals surface area contributed by atoms with E-state index in [0.717, 1.165) is 0 Å². The Morgan fingerprint density at radius 1 is 0.720 bits per heavy atom. The summed E-state index contributed by atoms with van der Waals surface area (Å²) in [6.45, 7) is 0. The van der Waals surface area contributed by atoms with Crippen LogP contribution in [0.25, 0.3) is 0 Å².